The van der Waals surface area contributed by atoms with E-state index >= 15 is 0 Å². The maximum Gasteiger partial charge on any atom is 0.410 e. The van der Waals surface area contributed by atoms with Crippen LogP contribution in [0.5, 0.6) is 0 Å². The van der Waals surface area contributed by atoms with Gasteiger partial charge in [0.25, 0.3) is 0 Å². The van der Waals surface area contributed by atoms with E-state index in [1.54, 1.807) is 4.90 Å². The first-order valence-electron chi connectivity index (χ1n) is 5.79. The molecule has 1 heterocycles. The van der Waals surface area contributed by atoms with E-state index in [0.29, 0.717) is 12.5 Å². The third-order valence-electron chi connectivity index (χ3n) is 2.74. The number of rotatable bonds is 0. The van der Waals surface area contributed by atoms with Gasteiger partial charge in [-0.25, -0.2) is 4.79 Å². The largest absolute Gasteiger partial charge is 0.444 e. The zero-order valence-corrected chi connectivity index (χ0v) is 10.6. The number of ether oxygens (including phenoxy) is 1. The van der Waals surface area contributed by atoms with E-state index in [4.69, 9.17) is 11.2 Å². The molecule has 0 unspecified atom stereocenters. The molecule has 2 atom stereocenters. The van der Waals surface area contributed by atoms with Gasteiger partial charge in [0, 0.05) is 18.5 Å². The molecule has 3 nitrogen and oxygen atoms in total. The topological polar surface area (TPSA) is 29.5 Å². The summed E-state index contributed by atoms with van der Waals surface area (Å²) in [6, 6.07) is 0.171. The lowest BCUT2D eigenvalue weighted by molar-refractivity contribution is 0.00956. The fourth-order valence-electron chi connectivity index (χ4n) is 1.92. The molecule has 0 saturated carbocycles. The zero-order valence-electron chi connectivity index (χ0n) is 10.6. The number of piperidine rings is 1. The quantitative estimate of drug-likeness (QED) is 0.591. The molecule has 1 saturated heterocycles. The van der Waals surface area contributed by atoms with Crippen LogP contribution >= 0.6 is 0 Å². The van der Waals surface area contributed by atoms with Crippen molar-refractivity contribution in [1.82, 2.24) is 4.90 Å². The van der Waals surface area contributed by atoms with Crippen LogP contribution < -0.4 is 0 Å². The van der Waals surface area contributed by atoms with Crippen LogP contribution in [0.2, 0.25) is 0 Å². The van der Waals surface area contributed by atoms with Gasteiger partial charge in [-0.3, -0.25) is 0 Å². The van der Waals surface area contributed by atoms with Crippen LogP contribution in [-0.2, 0) is 4.74 Å². The van der Waals surface area contributed by atoms with Crippen molar-refractivity contribution in [3.63, 3.8) is 0 Å². The Morgan fingerprint density at radius 2 is 2.12 bits per heavy atom. The van der Waals surface area contributed by atoms with Gasteiger partial charge in [-0.15, -0.1) is 12.3 Å². The summed E-state index contributed by atoms with van der Waals surface area (Å²) >= 11 is 0. The van der Waals surface area contributed by atoms with Crippen molar-refractivity contribution in [3.05, 3.63) is 0 Å². The fourth-order valence-corrected chi connectivity index (χ4v) is 1.92. The lowest BCUT2D eigenvalue weighted by Gasteiger charge is -2.36. The number of hydrogen-bond donors (Lipinski definition) is 0. The fraction of sp³-hybridized carbons (Fsp3) is 0.769. The standard InChI is InChI=1S/C13H21NO2/c1-6-11-7-8-14(10(2)9-11)12(15)16-13(3,4)5/h1,10-11H,7-9H2,2-5H3/t10-,11-/m1/s1. The van der Waals surface area contributed by atoms with Crippen molar-refractivity contribution < 1.29 is 9.53 Å². The molecule has 0 aromatic heterocycles. The van der Waals surface area contributed by atoms with Gasteiger partial charge < -0.3 is 9.64 Å². The number of carbonyl (C=O) groups is 1. The van der Waals surface area contributed by atoms with Gasteiger partial charge in [0.1, 0.15) is 5.60 Å². The molecule has 1 aliphatic rings. The Morgan fingerprint density at radius 1 is 1.50 bits per heavy atom. The Labute approximate surface area is 98.1 Å². The van der Waals surface area contributed by atoms with Crippen LogP contribution in [0, 0.1) is 18.3 Å². The summed E-state index contributed by atoms with van der Waals surface area (Å²) in [4.78, 5) is 13.6. The summed E-state index contributed by atoms with van der Waals surface area (Å²) in [6.07, 6.45) is 6.92. The van der Waals surface area contributed by atoms with Crippen LogP contribution in [0.25, 0.3) is 0 Å². The van der Waals surface area contributed by atoms with Crippen molar-refractivity contribution in [2.24, 2.45) is 5.92 Å². The SMILES string of the molecule is C#C[C@@H]1CCN(C(=O)OC(C)(C)C)[C@H](C)C1. The number of terminal acetylenes is 1. The van der Waals surface area contributed by atoms with E-state index in [2.05, 4.69) is 5.92 Å². The highest BCUT2D eigenvalue weighted by Gasteiger charge is 2.30. The highest BCUT2D eigenvalue weighted by molar-refractivity contribution is 5.68. The second-order valence-corrected chi connectivity index (χ2v) is 5.41. The molecule has 3 heteroatoms. The third kappa shape index (κ3) is 3.44. The normalized spacial score (nSPS) is 26.1. The van der Waals surface area contributed by atoms with E-state index < -0.39 is 5.60 Å². The van der Waals surface area contributed by atoms with Gasteiger partial charge in [-0.05, 0) is 40.5 Å². The van der Waals surface area contributed by atoms with Crippen LogP contribution in [0.15, 0.2) is 0 Å². The van der Waals surface area contributed by atoms with Gasteiger partial charge in [0.15, 0.2) is 0 Å². The molecule has 0 radical (unpaired) electrons. The molecule has 0 bridgehead atoms. The summed E-state index contributed by atoms with van der Waals surface area (Å²) < 4.78 is 5.35. The predicted molar refractivity (Wildman–Crippen MR) is 64.0 cm³/mol. The molecule has 16 heavy (non-hydrogen) atoms. The maximum absolute atomic E-state index is 11.9. The minimum atomic E-state index is -0.431. The third-order valence-corrected chi connectivity index (χ3v) is 2.74. The Balaban J connectivity index is 2.56. The summed E-state index contributed by atoms with van der Waals surface area (Å²) in [5.74, 6) is 3.06. The molecule has 0 spiro atoms. The number of amides is 1. The van der Waals surface area contributed by atoms with Crippen molar-refractivity contribution in [2.45, 2.75) is 52.2 Å². The molecule has 90 valence electrons. The highest BCUT2D eigenvalue weighted by atomic mass is 16.6. The lowest BCUT2D eigenvalue weighted by atomic mass is 9.93. The lowest BCUT2D eigenvalue weighted by Crippen LogP contribution is -2.46. The van der Waals surface area contributed by atoms with E-state index in [-0.39, 0.29) is 12.1 Å². The predicted octanol–water partition coefficient (Wildman–Crippen LogP) is 2.66. The van der Waals surface area contributed by atoms with Crippen LogP contribution in [-0.4, -0.2) is 29.2 Å². The van der Waals surface area contributed by atoms with Crippen molar-refractivity contribution in [3.8, 4) is 12.3 Å². The van der Waals surface area contributed by atoms with Crippen molar-refractivity contribution in [1.29, 1.82) is 0 Å². The van der Waals surface area contributed by atoms with Gasteiger partial charge >= 0.3 is 6.09 Å². The summed E-state index contributed by atoms with van der Waals surface area (Å²) in [6.45, 7) is 8.36. The maximum atomic E-state index is 11.9. The average Bonchev–Trinajstić information content (AvgIpc) is 2.14. The van der Waals surface area contributed by atoms with E-state index in [0.717, 1.165) is 12.8 Å². The minimum absolute atomic E-state index is 0.171. The average molecular weight is 223 g/mol. The summed E-state index contributed by atoms with van der Waals surface area (Å²) in [5, 5.41) is 0. The second-order valence-electron chi connectivity index (χ2n) is 5.41. The molecule has 1 aliphatic heterocycles. The van der Waals surface area contributed by atoms with Crippen LogP contribution in [0.4, 0.5) is 4.79 Å². The number of likely N-dealkylation sites (tertiary alicyclic amines) is 1. The monoisotopic (exact) mass is 223 g/mol. The van der Waals surface area contributed by atoms with Crippen molar-refractivity contribution >= 4 is 6.09 Å². The smallest absolute Gasteiger partial charge is 0.410 e. The Morgan fingerprint density at radius 3 is 2.56 bits per heavy atom. The molecule has 1 rings (SSSR count). The molecule has 0 aromatic rings. The van der Waals surface area contributed by atoms with Gasteiger partial charge in [0.05, 0.1) is 0 Å². The molecule has 0 aliphatic carbocycles. The molecular weight excluding hydrogens is 202 g/mol. The first-order chi connectivity index (χ1) is 7.33. The van der Waals surface area contributed by atoms with Crippen molar-refractivity contribution in [2.75, 3.05) is 6.54 Å². The molecule has 0 N–H and O–H groups in total. The number of nitrogens with zero attached hydrogens (tertiary/aromatic N) is 1. The van der Waals surface area contributed by atoms with Gasteiger partial charge in [-0.2, -0.15) is 0 Å². The molecule has 1 fully saturated rings. The van der Waals surface area contributed by atoms with Crippen LogP contribution in [0.3, 0.4) is 0 Å². The van der Waals surface area contributed by atoms with Crippen LogP contribution in [0.1, 0.15) is 40.5 Å². The second kappa shape index (κ2) is 4.78. The molecule has 1 amide bonds. The first-order valence-corrected chi connectivity index (χ1v) is 5.79. The van der Waals surface area contributed by atoms with E-state index in [1.165, 1.54) is 0 Å². The van der Waals surface area contributed by atoms with Gasteiger partial charge in [0.2, 0.25) is 0 Å². The van der Waals surface area contributed by atoms with E-state index in [1.807, 2.05) is 27.7 Å². The Kier molecular flexibility index (Phi) is 3.85. The first kappa shape index (κ1) is 12.9. The Hall–Kier alpha value is -1.17. The van der Waals surface area contributed by atoms with E-state index in [9.17, 15) is 4.79 Å². The molecular formula is C13H21NO2. The number of carbonyl (C=O) groups excluding carboxylic acids is 1. The zero-order chi connectivity index (χ0) is 12.3. The van der Waals surface area contributed by atoms with Gasteiger partial charge in [-0.1, -0.05) is 0 Å². The number of hydrogen-bond acceptors (Lipinski definition) is 2. The summed E-state index contributed by atoms with van der Waals surface area (Å²) in [5.41, 5.74) is -0.431. The molecule has 0 aromatic carbocycles. The Bertz CT molecular complexity index is 298. The summed E-state index contributed by atoms with van der Waals surface area (Å²) in [7, 11) is 0. The minimum Gasteiger partial charge on any atom is -0.444 e. The highest BCUT2D eigenvalue weighted by Crippen LogP contribution is 2.23.